The molecule has 0 atom stereocenters. The molecule has 0 spiro atoms. The molecule has 1 rings (SSSR count). The Morgan fingerprint density at radius 1 is 0.842 bits per heavy atom. The Kier molecular flexibility index (Phi) is 7.10. The van der Waals surface area contributed by atoms with Crippen LogP contribution in [-0.4, -0.2) is 12.8 Å². The average molecular weight is 264 g/mol. The van der Waals surface area contributed by atoms with E-state index in [1.54, 1.807) is 0 Å². The fourth-order valence-electron chi connectivity index (χ4n) is 3.22. The first-order chi connectivity index (χ1) is 9.04. The van der Waals surface area contributed by atoms with Gasteiger partial charge in [0.05, 0.1) is 0 Å². The van der Waals surface area contributed by atoms with E-state index in [4.69, 9.17) is 0 Å². The van der Waals surface area contributed by atoms with Crippen LogP contribution in [0.15, 0.2) is 10.2 Å². The summed E-state index contributed by atoms with van der Waals surface area (Å²) in [5, 5.41) is 8.92. The second-order valence-corrected chi connectivity index (χ2v) is 7.03. The minimum Gasteiger partial charge on any atom is -0.170 e. The molecule has 110 valence electrons. The molecule has 0 aromatic heterocycles. The molecule has 19 heavy (non-hydrogen) atoms. The Balaban J connectivity index is 2.32. The Bertz CT molecular complexity index is 258. The average Bonchev–Trinajstić information content (AvgIpc) is 3.08. The fraction of sp³-hybridized carbons (Fsp3) is 1.00. The van der Waals surface area contributed by atoms with Crippen molar-refractivity contribution in [2.24, 2.45) is 10.2 Å². The van der Waals surface area contributed by atoms with Gasteiger partial charge >= 0.3 is 0 Å². The predicted molar refractivity (Wildman–Crippen MR) is 86.3 cm³/mol. The van der Waals surface area contributed by atoms with Crippen LogP contribution in [0.1, 0.15) is 91.9 Å². The molecule has 0 N–H and O–H groups in total. The van der Waals surface area contributed by atoms with E-state index in [0.717, 1.165) is 7.28 Å². The van der Waals surface area contributed by atoms with E-state index in [-0.39, 0.29) is 5.56 Å². The first-order valence-electron chi connectivity index (χ1n) is 8.48. The Morgan fingerprint density at radius 3 is 1.68 bits per heavy atom. The monoisotopic (exact) mass is 264 g/mol. The molecule has 2 nitrogen and oxygen atoms in total. The second-order valence-electron chi connectivity index (χ2n) is 7.03. The van der Waals surface area contributed by atoms with Crippen LogP contribution < -0.4 is 0 Å². The first kappa shape index (κ1) is 16.7. The highest BCUT2D eigenvalue weighted by Crippen LogP contribution is 2.44. The van der Waals surface area contributed by atoms with Crippen molar-refractivity contribution < 1.29 is 0 Å². The van der Waals surface area contributed by atoms with E-state index in [1.807, 2.05) is 0 Å². The van der Waals surface area contributed by atoms with Crippen LogP contribution in [0.3, 0.4) is 0 Å². The zero-order chi connectivity index (χ0) is 14.2. The maximum absolute atomic E-state index is 4.23. The molecule has 0 amide bonds. The van der Waals surface area contributed by atoms with E-state index in [0.29, 0.717) is 5.31 Å². The molecule has 0 saturated carbocycles. The van der Waals surface area contributed by atoms with Gasteiger partial charge < -0.3 is 0 Å². The largest absolute Gasteiger partial charge is 0.196 e. The van der Waals surface area contributed by atoms with Crippen molar-refractivity contribution in [3.63, 3.8) is 0 Å². The zero-order valence-electron chi connectivity index (χ0n) is 13.7. The SMILES string of the molecule is CCCCCCC(C)(BC1(C)N=N1)CCCCCC. The number of hydrogen-bond donors (Lipinski definition) is 0. The van der Waals surface area contributed by atoms with Gasteiger partial charge in [-0.05, 0) is 6.92 Å². The van der Waals surface area contributed by atoms with Crippen molar-refractivity contribution in [2.45, 2.75) is 103 Å². The highest BCUT2D eigenvalue weighted by Gasteiger charge is 2.42. The third-order valence-corrected chi connectivity index (χ3v) is 4.47. The lowest BCUT2D eigenvalue weighted by Gasteiger charge is -2.30. The Morgan fingerprint density at radius 2 is 1.32 bits per heavy atom. The van der Waals surface area contributed by atoms with Crippen LogP contribution in [0.2, 0.25) is 5.31 Å². The van der Waals surface area contributed by atoms with Gasteiger partial charge in [-0.3, -0.25) is 0 Å². The summed E-state index contributed by atoms with van der Waals surface area (Å²) in [4.78, 5) is 0. The maximum atomic E-state index is 4.23. The van der Waals surface area contributed by atoms with Crippen LogP contribution >= 0.6 is 0 Å². The molecule has 1 aliphatic rings. The van der Waals surface area contributed by atoms with E-state index >= 15 is 0 Å². The second kappa shape index (κ2) is 8.06. The van der Waals surface area contributed by atoms with Gasteiger partial charge in [0.2, 0.25) is 0 Å². The summed E-state index contributed by atoms with van der Waals surface area (Å²) in [7, 11) is 1.16. The third kappa shape index (κ3) is 7.13. The smallest absolute Gasteiger partial charge is 0.170 e. The normalized spacial score (nSPS) is 16.6. The molecule has 0 unspecified atom stereocenters. The van der Waals surface area contributed by atoms with Crippen molar-refractivity contribution in [2.75, 3.05) is 0 Å². The van der Waals surface area contributed by atoms with Gasteiger partial charge in [-0.1, -0.05) is 90.3 Å². The van der Waals surface area contributed by atoms with Crippen LogP contribution in [0, 0.1) is 0 Å². The van der Waals surface area contributed by atoms with E-state index < -0.39 is 0 Å². The molecule has 0 fully saturated rings. The van der Waals surface area contributed by atoms with Crippen LogP contribution in [0.25, 0.3) is 0 Å². The van der Waals surface area contributed by atoms with Crippen molar-refractivity contribution in [3.8, 4) is 0 Å². The van der Waals surface area contributed by atoms with Crippen molar-refractivity contribution in [3.05, 3.63) is 0 Å². The molecule has 0 aliphatic carbocycles. The van der Waals surface area contributed by atoms with E-state index in [2.05, 4.69) is 37.9 Å². The standard InChI is InChI=1S/C16H33BN2/c1-5-7-9-11-13-15(3,14-12-10-8-6-2)17-16(4)18-19-16/h17H,5-14H2,1-4H3. The molecular formula is C16H33BN2. The molecule has 0 aromatic carbocycles. The van der Waals surface area contributed by atoms with Gasteiger partial charge in [0.25, 0.3) is 0 Å². The quantitative estimate of drug-likeness (QED) is 0.320. The summed E-state index contributed by atoms with van der Waals surface area (Å²) >= 11 is 0. The summed E-state index contributed by atoms with van der Waals surface area (Å²) in [5.41, 5.74) is -0.0235. The summed E-state index contributed by atoms with van der Waals surface area (Å²) < 4.78 is 0. The summed E-state index contributed by atoms with van der Waals surface area (Å²) in [6.45, 7) is 9.22. The van der Waals surface area contributed by atoms with Crippen LogP contribution in [0.5, 0.6) is 0 Å². The minimum absolute atomic E-state index is 0.0235. The van der Waals surface area contributed by atoms with Crippen LogP contribution in [0.4, 0.5) is 0 Å². The molecule has 1 aliphatic heterocycles. The lowest BCUT2D eigenvalue weighted by atomic mass is 9.44. The van der Waals surface area contributed by atoms with Gasteiger partial charge in [0.1, 0.15) is 0 Å². The lowest BCUT2D eigenvalue weighted by Crippen LogP contribution is -2.29. The molecule has 1 heterocycles. The van der Waals surface area contributed by atoms with Gasteiger partial charge in [-0.2, -0.15) is 10.2 Å². The molecule has 0 bridgehead atoms. The molecular weight excluding hydrogens is 231 g/mol. The van der Waals surface area contributed by atoms with Gasteiger partial charge in [0.15, 0.2) is 12.8 Å². The molecule has 3 heteroatoms. The van der Waals surface area contributed by atoms with Gasteiger partial charge in [-0.15, -0.1) is 0 Å². The van der Waals surface area contributed by atoms with Crippen molar-refractivity contribution in [1.82, 2.24) is 0 Å². The summed E-state index contributed by atoms with van der Waals surface area (Å²) in [6.07, 6.45) is 13.7. The van der Waals surface area contributed by atoms with Crippen LogP contribution in [-0.2, 0) is 0 Å². The number of rotatable bonds is 12. The highest BCUT2D eigenvalue weighted by atomic mass is 15.4. The Labute approximate surface area is 121 Å². The zero-order valence-corrected chi connectivity index (χ0v) is 13.7. The lowest BCUT2D eigenvalue weighted by molar-refractivity contribution is 0.445. The summed E-state index contributed by atoms with van der Waals surface area (Å²) in [6, 6.07) is 0. The van der Waals surface area contributed by atoms with Crippen molar-refractivity contribution in [1.29, 1.82) is 0 Å². The van der Waals surface area contributed by atoms with Crippen molar-refractivity contribution >= 4 is 7.28 Å². The highest BCUT2D eigenvalue weighted by molar-refractivity contribution is 6.45. The number of nitrogens with zero attached hydrogens (tertiary/aromatic N) is 2. The number of hydrogen-bond acceptors (Lipinski definition) is 2. The summed E-state index contributed by atoms with van der Waals surface area (Å²) in [5.74, 6) is 0. The Hall–Kier alpha value is -0.335. The van der Waals surface area contributed by atoms with E-state index in [1.165, 1.54) is 64.2 Å². The maximum Gasteiger partial charge on any atom is 0.196 e. The molecule has 0 radical (unpaired) electrons. The molecule has 0 aromatic rings. The van der Waals surface area contributed by atoms with E-state index in [9.17, 15) is 0 Å². The minimum atomic E-state index is -0.0235. The third-order valence-electron chi connectivity index (χ3n) is 4.47. The predicted octanol–water partition coefficient (Wildman–Crippen LogP) is 5.68. The fourth-order valence-corrected chi connectivity index (χ4v) is 3.22. The van der Waals surface area contributed by atoms with Gasteiger partial charge in [-0.25, -0.2) is 0 Å². The first-order valence-corrected chi connectivity index (χ1v) is 8.48. The number of unbranched alkanes of at least 4 members (excludes halogenated alkanes) is 6. The van der Waals surface area contributed by atoms with Gasteiger partial charge in [0, 0.05) is 0 Å². The topological polar surface area (TPSA) is 24.7 Å². The molecule has 0 saturated heterocycles.